The van der Waals surface area contributed by atoms with Crippen LogP contribution < -0.4 is 10.6 Å². The summed E-state index contributed by atoms with van der Waals surface area (Å²) in [6.45, 7) is 8.46. The zero-order valence-electron chi connectivity index (χ0n) is 14.1. The molecule has 0 aliphatic heterocycles. The van der Waals surface area contributed by atoms with Crippen LogP contribution in [0.2, 0.25) is 0 Å². The lowest BCUT2D eigenvalue weighted by molar-refractivity contribution is 0.793. The first-order valence-electron chi connectivity index (χ1n) is 8.09. The fourth-order valence-corrected chi connectivity index (χ4v) is 2.97. The van der Waals surface area contributed by atoms with Crippen LogP contribution in [0, 0.1) is 6.92 Å². The Kier molecular flexibility index (Phi) is 7.00. The minimum absolute atomic E-state index is 0.578. The summed E-state index contributed by atoms with van der Waals surface area (Å²) in [7, 11) is 0. The van der Waals surface area contributed by atoms with Crippen molar-refractivity contribution in [1.82, 2.24) is 20.6 Å². The number of hydrogen-bond acceptors (Lipinski definition) is 4. The highest BCUT2D eigenvalue weighted by Gasteiger charge is 2.02. The summed E-state index contributed by atoms with van der Waals surface area (Å²) in [6.07, 6.45) is 3.94. The van der Waals surface area contributed by atoms with E-state index in [1.165, 1.54) is 9.88 Å². The smallest absolute Gasteiger partial charge is 0.191 e. The summed E-state index contributed by atoms with van der Waals surface area (Å²) in [5.74, 6) is 0.822. The van der Waals surface area contributed by atoms with Crippen LogP contribution in [0.25, 0.3) is 0 Å². The Balaban J connectivity index is 1.86. The summed E-state index contributed by atoms with van der Waals surface area (Å²) in [4.78, 5) is 14.8. The first kappa shape index (κ1) is 17.4. The molecule has 0 aromatic carbocycles. The van der Waals surface area contributed by atoms with Gasteiger partial charge in [0.05, 0.1) is 17.2 Å². The third-order valence-electron chi connectivity index (χ3n) is 3.27. The molecule has 23 heavy (non-hydrogen) atoms. The van der Waals surface area contributed by atoms with E-state index in [0.717, 1.165) is 43.3 Å². The SMILES string of the molecule is CCNC(=NCc1cccc(C)n1)NCCc1ncc(CC)s1. The van der Waals surface area contributed by atoms with E-state index in [9.17, 15) is 0 Å². The van der Waals surface area contributed by atoms with Crippen LogP contribution >= 0.6 is 11.3 Å². The van der Waals surface area contributed by atoms with Gasteiger partial charge in [-0.2, -0.15) is 0 Å². The molecule has 5 nitrogen and oxygen atoms in total. The van der Waals surface area contributed by atoms with Gasteiger partial charge in [-0.1, -0.05) is 13.0 Å². The van der Waals surface area contributed by atoms with Gasteiger partial charge in [0, 0.05) is 36.3 Å². The van der Waals surface area contributed by atoms with Gasteiger partial charge in [0.15, 0.2) is 5.96 Å². The van der Waals surface area contributed by atoms with Gasteiger partial charge in [0.1, 0.15) is 0 Å². The summed E-state index contributed by atoms with van der Waals surface area (Å²) in [5, 5.41) is 7.80. The van der Waals surface area contributed by atoms with E-state index in [1.54, 1.807) is 11.3 Å². The molecule has 0 atom stereocenters. The number of guanidine groups is 1. The standard InChI is InChI=1S/C17H25N5S/c1-4-15-12-20-16(23-15)9-10-19-17(18-5-2)21-11-14-8-6-7-13(3)22-14/h6-8,12H,4-5,9-11H2,1-3H3,(H2,18,19,21). The maximum atomic E-state index is 4.59. The van der Waals surface area contributed by atoms with Gasteiger partial charge < -0.3 is 10.6 Å². The van der Waals surface area contributed by atoms with Crippen LogP contribution in [-0.4, -0.2) is 29.0 Å². The number of rotatable bonds is 7. The van der Waals surface area contributed by atoms with Crippen molar-refractivity contribution in [3.8, 4) is 0 Å². The first-order chi connectivity index (χ1) is 11.2. The fraction of sp³-hybridized carbons (Fsp3) is 0.471. The molecule has 0 amide bonds. The van der Waals surface area contributed by atoms with Crippen LogP contribution in [0.4, 0.5) is 0 Å². The second-order valence-electron chi connectivity index (χ2n) is 5.22. The average molecular weight is 331 g/mol. The topological polar surface area (TPSA) is 62.2 Å². The molecule has 0 aliphatic rings. The Morgan fingerprint density at radius 1 is 1.26 bits per heavy atom. The lowest BCUT2D eigenvalue weighted by Gasteiger charge is -2.10. The van der Waals surface area contributed by atoms with Crippen LogP contribution in [0.3, 0.4) is 0 Å². The normalized spacial score (nSPS) is 11.5. The van der Waals surface area contributed by atoms with Crippen molar-refractivity contribution >= 4 is 17.3 Å². The first-order valence-corrected chi connectivity index (χ1v) is 8.91. The Bertz CT molecular complexity index is 635. The van der Waals surface area contributed by atoms with E-state index in [2.05, 4.69) is 39.4 Å². The quantitative estimate of drug-likeness (QED) is 0.605. The van der Waals surface area contributed by atoms with Gasteiger partial charge in [-0.15, -0.1) is 11.3 Å². The van der Waals surface area contributed by atoms with E-state index < -0.39 is 0 Å². The third kappa shape index (κ3) is 5.98. The van der Waals surface area contributed by atoms with Crippen molar-refractivity contribution in [2.24, 2.45) is 4.99 Å². The number of aromatic nitrogens is 2. The molecule has 2 aromatic rings. The number of aliphatic imine (C=N–C) groups is 1. The molecule has 0 saturated heterocycles. The van der Waals surface area contributed by atoms with Gasteiger partial charge in [-0.25, -0.2) is 9.98 Å². The van der Waals surface area contributed by atoms with E-state index in [-0.39, 0.29) is 0 Å². The number of nitrogens with zero attached hydrogens (tertiary/aromatic N) is 3. The summed E-state index contributed by atoms with van der Waals surface area (Å²) >= 11 is 1.79. The van der Waals surface area contributed by atoms with E-state index >= 15 is 0 Å². The van der Waals surface area contributed by atoms with E-state index in [4.69, 9.17) is 0 Å². The zero-order valence-corrected chi connectivity index (χ0v) is 14.9. The lowest BCUT2D eigenvalue weighted by Crippen LogP contribution is -2.38. The monoisotopic (exact) mass is 331 g/mol. The van der Waals surface area contributed by atoms with Crippen LogP contribution in [0.1, 0.15) is 35.1 Å². The zero-order chi connectivity index (χ0) is 16.5. The summed E-state index contributed by atoms with van der Waals surface area (Å²) in [6, 6.07) is 6.01. The summed E-state index contributed by atoms with van der Waals surface area (Å²) in [5.41, 5.74) is 2.00. The fourth-order valence-electron chi connectivity index (χ4n) is 2.10. The average Bonchev–Trinajstić information content (AvgIpc) is 3.01. The molecule has 2 N–H and O–H groups in total. The molecule has 0 spiro atoms. The molecular weight excluding hydrogens is 306 g/mol. The predicted molar refractivity (Wildman–Crippen MR) is 97.0 cm³/mol. The Morgan fingerprint density at radius 3 is 2.83 bits per heavy atom. The van der Waals surface area contributed by atoms with Gasteiger partial charge in [0.2, 0.25) is 0 Å². The highest BCUT2D eigenvalue weighted by atomic mass is 32.1. The molecule has 2 rings (SSSR count). The molecule has 124 valence electrons. The highest BCUT2D eigenvalue weighted by molar-refractivity contribution is 7.11. The van der Waals surface area contributed by atoms with Crippen molar-refractivity contribution in [1.29, 1.82) is 0 Å². The van der Waals surface area contributed by atoms with Crippen LogP contribution in [0.15, 0.2) is 29.4 Å². The molecule has 0 saturated carbocycles. The Hall–Kier alpha value is -1.95. The maximum absolute atomic E-state index is 4.59. The van der Waals surface area contributed by atoms with Crippen molar-refractivity contribution < 1.29 is 0 Å². The molecule has 0 fully saturated rings. The van der Waals surface area contributed by atoms with Crippen molar-refractivity contribution in [2.75, 3.05) is 13.1 Å². The molecule has 0 radical (unpaired) electrons. The largest absolute Gasteiger partial charge is 0.357 e. The number of thiazole rings is 1. The Labute approximate surface area is 142 Å². The minimum atomic E-state index is 0.578. The molecule has 0 bridgehead atoms. The van der Waals surface area contributed by atoms with E-state index in [1.807, 2.05) is 31.3 Å². The van der Waals surface area contributed by atoms with Crippen molar-refractivity contribution in [3.63, 3.8) is 0 Å². The van der Waals surface area contributed by atoms with Gasteiger partial charge in [-0.3, -0.25) is 4.98 Å². The molecule has 2 heterocycles. The van der Waals surface area contributed by atoms with Crippen LogP contribution in [-0.2, 0) is 19.4 Å². The summed E-state index contributed by atoms with van der Waals surface area (Å²) < 4.78 is 0. The highest BCUT2D eigenvalue weighted by Crippen LogP contribution is 2.13. The lowest BCUT2D eigenvalue weighted by atomic mass is 10.3. The number of aryl methyl sites for hydroxylation is 2. The minimum Gasteiger partial charge on any atom is -0.357 e. The number of nitrogens with one attached hydrogen (secondary N) is 2. The van der Waals surface area contributed by atoms with E-state index in [0.29, 0.717) is 6.54 Å². The van der Waals surface area contributed by atoms with Gasteiger partial charge in [-0.05, 0) is 32.4 Å². The predicted octanol–water partition coefficient (Wildman–Crippen LogP) is 2.71. The molecule has 0 unspecified atom stereocenters. The second-order valence-corrected chi connectivity index (χ2v) is 6.42. The molecule has 6 heteroatoms. The molecule has 0 aliphatic carbocycles. The number of hydrogen-bond donors (Lipinski definition) is 2. The Morgan fingerprint density at radius 2 is 2.13 bits per heavy atom. The van der Waals surface area contributed by atoms with Gasteiger partial charge in [0.25, 0.3) is 0 Å². The number of pyridine rings is 1. The van der Waals surface area contributed by atoms with Crippen molar-refractivity contribution in [3.05, 3.63) is 45.7 Å². The maximum Gasteiger partial charge on any atom is 0.191 e. The van der Waals surface area contributed by atoms with Crippen LogP contribution in [0.5, 0.6) is 0 Å². The van der Waals surface area contributed by atoms with Gasteiger partial charge >= 0.3 is 0 Å². The molecular formula is C17H25N5S. The second kappa shape index (κ2) is 9.25. The molecule has 2 aromatic heterocycles. The van der Waals surface area contributed by atoms with Crippen molar-refractivity contribution in [2.45, 2.75) is 40.2 Å². The third-order valence-corrected chi connectivity index (χ3v) is 4.47.